The van der Waals surface area contributed by atoms with Crippen molar-refractivity contribution >= 4 is 34.4 Å². The van der Waals surface area contributed by atoms with Crippen LogP contribution in [0.15, 0.2) is 72.4 Å². The van der Waals surface area contributed by atoms with Crippen molar-refractivity contribution in [2.75, 3.05) is 17.3 Å². The third kappa shape index (κ3) is 3.96. The Morgan fingerprint density at radius 3 is 2.26 bits per heavy atom. The molecule has 0 spiro atoms. The lowest BCUT2D eigenvalue weighted by molar-refractivity contribution is -0.384. The Morgan fingerprint density at radius 1 is 1.00 bits per heavy atom. The lowest BCUT2D eigenvalue weighted by Crippen LogP contribution is -2.32. The van der Waals surface area contributed by atoms with Gasteiger partial charge in [0.25, 0.3) is 17.5 Å². The molecule has 0 atom stereocenters. The molecule has 3 aromatic rings. The zero-order valence-electron chi connectivity index (χ0n) is 18.2. The third-order valence-electron chi connectivity index (χ3n) is 5.32. The predicted octanol–water partition coefficient (Wildman–Crippen LogP) is 4.18. The fourth-order valence-electron chi connectivity index (χ4n) is 3.64. The fraction of sp³-hybridized carbons (Fsp3) is 0.0800. The van der Waals surface area contributed by atoms with E-state index in [-0.39, 0.29) is 17.0 Å². The molecule has 1 heterocycles. The fourth-order valence-corrected chi connectivity index (χ4v) is 3.64. The second kappa shape index (κ2) is 8.88. The molecule has 0 aromatic heterocycles. The molecule has 9 heteroatoms. The molecular formula is C25H18N4O5. The van der Waals surface area contributed by atoms with Crippen molar-refractivity contribution in [2.45, 2.75) is 6.92 Å². The number of imide groups is 1. The highest BCUT2D eigenvalue weighted by Crippen LogP contribution is 2.36. The smallest absolute Gasteiger partial charge is 0.282 e. The zero-order valence-corrected chi connectivity index (χ0v) is 18.2. The number of rotatable bonds is 6. The maximum Gasteiger partial charge on any atom is 0.282 e. The third-order valence-corrected chi connectivity index (χ3v) is 5.32. The van der Waals surface area contributed by atoms with Crippen LogP contribution in [0.4, 0.5) is 17.1 Å². The monoisotopic (exact) mass is 454 g/mol. The number of hydrogen-bond donors (Lipinski definition) is 1. The number of non-ortho nitro benzene ring substituents is 1. The summed E-state index contributed by atoms with van der Waals surface area (Å²) < 4.78 is 5.39. The molecule has 0 radical (unpaired) electrons. The van der Waals surface area contributed by atoms with Gasteiger partial charge in [0.2, 0.25) is 0 Å². The summed E-state index contributed by atoms with van der Waals surface area (Å²) in [5.41, 5.74) is 2.34. The molecule has 168 valence electrons. The first kappa shape index (κ1) is 22.2. The van der Waals surface area contributed by atoms with Crippen molar-refractivity contribution < 1.29 is 19.2 Å². The van der Waals surface area contributed by atoms with Gasteiger partial charge in [0, 0.05) is 12.1 Å². The molecule has 3 aromatic carbocycles. The van der Waals surface area contributed by atoms with E-state index in [0.29, 0.717) is 28.3 Å². The highest BCUT2D eigenvalue weighted by molar-refractivity contribution is 6.46. The number of nitrogens with one attached hydrogen (secondary N) is 1. The lowest BCUT2D eigenvalue weighted by atomic mass is 10.0. The average molecular weight is 454 g/mol. The molecule has 1 aliphatic heterocycles. The average Bonchev–Trinajstić information content (AvgIpc) is 3.08. The van der Waals surface area contributed by atoms with Crippen LogP contribution in [-0.4, -0.2) is 23.8 Å². The Kier molecular flexibility index (Phi) is 5.80. The molecule has 34 heavy (non-hydrogen) atoms. The van der Waals surface area contributed by atoms with Gasteiger partial charge in [-0.1, -0.05) is 6.07 Å². The summed E-state index contributed by atoms with van der Waals surface area (Å²) in [6.45, 7) is 1.88. The minimum absolute atomic E-state index is 0.00659. The Hall–Kier alpha value is -4.97. The van der Waals surface area contributed by atoms with Crippen molar-refractivity contribution in [3.63, 3.8) is 0 Å². The number of nitriles is 1. The van der Waals surface area contributed by atoms with E-state index in [2.05, 4.69) is 5.32 Å². The number of carbonyl (C=O) groups is 2. The first-order valence-electron chi connectivity index (χ1n) is 10.1. The van der Waals surface area contributed by atoms with E-state index in [1.807, 2.05) is 19.1 Å². The van der Waals surface area contributed by atoms with E-state index in [1.165, 1.54) is 55.6 Å². The van der Waals surface area contributed by atoms with Crippen LogP contribution in [0.3, 0.4) is 0 Å². The molecule has 1 aliphatic rings. The van der Waals surface area contributed by atoms with Crippen LogP contribution < -0.4 is 15.0 Å². The first-order chi connectivity index (χ1) is 16.3. The molecule has 0 bridgehead atoms. The maximum absolute atomic E-state index is 13.5. The summed E-state index contributed by atoms with van der Waals surface area (Å²) in [6, 6.07) is 18.8. The molecule has 2 amide bonds. The number of nitro benzene ring substituents is 1. The van der Waals surface area contributed by atoms with Crippen LogP contribution in [0.1, 0.15) is 16.7 Å². The van der Waals surface area contributed by atoms with E-state index in [1.54, 1.807) is 12.1 Å². The van der Waals surface area contributed by atoms with E-state index >= 15 is 0 Å². The van der Waals surface area contributed by atoms with Gasteiger partial charge in [-0.25, -0.2) is 4.90 Å². The molecule has 4 rings (SSSR count). The van der Waals surface area contributed by atoms with E-state index in [9.17, 15) is 19.7 Å². The number of ether oxygens (including phenoxy) is 1. The van der Waals surface area contributed by atoms with Crippen LogP contribution in [-0.2, 0) is 9.59 Å². The number of methoxy groups -OCH3 is 1. The van der Waals surface area contributed by atoms with Gasteiger partial charge in [0.1, 0.15) is 11.4 Å². The molecular weight excluding hydrogens is 436 g/mol. The molecule has 0 unspecified atom stereocenters. The van der Waals surface area contributed by atoms with Gasteiger partial charge < -0.3 is 10.1 Å². The zero-order chi connectivity index (χ0) is 24.4. The highest BCUT2D eigenvalue weighted by atomic mass is 16.6. The number of nitro groups is 1. The van der Waals surface area contributed by atoms with Crippen molar-refractivity contribution in [2.24, 2.45) is 0 Å². The number of nitrogens with zero attached hydrogens (tertiary/aromatic N) is 3. The second-order valence-corrected chi connectivity index (χ2v) is 7.49. The molecule has 0 aliphatic carbocycles. The molecule has 9 nitrogen and oxygen atoms in total. The van der Waals surface area contributed by atoms with E-state index < -0.39 is 16.7 Å². The number of benzene rings is 3. The van der Waals surface area contributed by atoms with Crippen molar-refractivity contribution in [3.8, 4) is 11.8 Å². The first-order valence-corrected chi connectivity index (χ1v) is 10.1. The second-order valence-electron chi connectivity index (χ2n) is 7.49. The van der Waals surface area contributed by atoms with E-state index in [0.717, 1.165) is 10.5 Å². The molecule has 0 saturated heterocycles. The number of hydrogen-bond acceptors (Lipinski definition) is 7. The van der Waals surface area contributed by atoms with Crippen LogP contribution in [0.5, 0.6) is 5.75 Å². The highest BCUT2D eigenvalue weighted by Gasteiger charge is 2.40. The summed E-state index contributed by atoms with van der Waals surface area (Å²) in [4.78, 5) is 38.5. The van der Waals surface area contributed by atoms with Crippen molar-refractivity contribution in [1.82, 2.24) is 0 Å². The molecule has 0 fully saturated rings. The molecule has 0 saturated carbocycles. The topological polar surface area (TPSA) is 126 Å². The minimum atomic E-state index is -0.605. The minimum Gasteiger partial charge on any atom is -0.495 e. The standard InChI is InChI=1S/C25H18N4O5/c1-15-3-12-21(34-2)20(13-15)27-23-22(17-6-10-19(11-7-17)29(32)33)24(30)28(25(23)31)18-8-4-16(14-26)5-9-18/h3-13,27H,1-2H3. The Bertz CT molecular complexity index is 1390. The summed E-state index contributed by atoms with van der Waals surface area (Å²) >= 11 is 0. The van der Waals surface area contributed by atoms with Gasteiger partial charge in [0.15, 0.2) is 0 Å². The lowest BCUT2D eigenvalue weighted by Gasteiger charge is -2.16. The molecule has 1 N–H and O–H groups in total. The van der Waals surface area contributed by atoms with Gasteiger partial charge in [-0.2, -0.15) is 5.26 Å². The van der Waals surface area contributed by atoms with Gasteiger partial charge in [-0.15, -0.1) is 0 Å². The van der Waals surface area contributed by atoms with Gasteiger partial charge >= 0.3 is 0 Å². The maximum atomic E-state index is 13.5. The summed E-state index contributed by atoms with van der Waals surface area (Å²) in [6.07, 6.45) is 0. The van der Waals surface area contributed by atoms with Gasteiger partial charge in [0.05, 0.1) is 40.6 Å². The van der Waals surface area contributed by atoms with Crippen LogP contribution in [0.25, 0.3) is 5.57 Å². The summed E-state index contributed by atoms with van der Waals surface area (Å²) in [7, 11) is 1.49. The largest absolute Gasteiger partial charge is 0.495 e. The Balaban J connectivity index is 1.84. The van der Waals surface area contributed by atoms with Crippen LogP contribution in [0.2, 0.25) is 0 Å². The van der Waals surface area contributed by atoms with Gasteiger partial charge in [-0.3, -0.25) is 19.7 Å². The number of aryl methyl sites for hydroxylation is 1. The van der Waals surface area contributed by atoms with Crippen LogP contribution in [0, 0.1) is 28.4 Å². The van der Waals surface area contributed by atoms with Crippen molar-refractivity contribution in [1.29, 1.82) is 5.26 Å². The number of amides is 2. The van der Waals surface area contributed by atoms with Crippen LogP contribution >= 0.6 is 0 Å². The predicted molar refractivity (Wildman–Crippen MR) is 125 cm³/mol. The Morgan fingerprint density at radius 2 is 1.68 bits per heavy atom. The van der Waals surface area contributed by atoms with Crippen molar-refractivity contribution in [3.05, 3.63) is 99.2 Å². The normalized spacial score (nSPS) is 13.1. The SMILES string of the molecule is COc1ccc(C)cc1NC1=C(c2ccc([N+](=O)[O-])cc2)C(=O)N(c2ccc(C#N)cc2)C1=O. The summed E-state index contributed by atoms with van der Waals surface area (Å²) in [5.74, 6) is -0.734. The Labute approximate surface area is 194 Å². The van der Waals surface area contributed by atoms with Gasteiger partial charge in [-0.05, 0) is 66.6 Å². The summed E-state index contributed by atoms with van der Waals surface area (Å²) in [5, 5.41) is 23.2. The number of anilines is 2. The van der Waals surface area contributed by atoms with E-state index in [4.69, 9.17) is 10.00 Å². The quantitative estimate of drug-likeness (QED) is 0.336. The number of carbonyl (C=O) groups excluding carboxylic acids is 2.